The van der Waals surface area contributed by atoms with E-state index in [1.54, 1.807) is 0 Å². The highest BCUT2D eigenvalue weighted by atomic mass is 35.5. The Balaban J connectivity index is 2.76. The molecule has 0 aliphatic heterocycles. The van der Waals surface area contributed by atoms with Crippen LogP contribution in [0.1, 0.15) is 25.3 Å². The average molecular weight is 256 g/mol. The highest BCUT2D eigenvalue weighted by molar-refractivity contribution is 6.33. The van der Waals surface area contributed by atoms with Crippen molar-refractivity contribution in [1.29, 1.82) is 0 Å². The van der Waals surface area contributed by atoms with E-state index < -0.39 is 0 Å². The van der Waals surface area contributed by atoms with Gasteiger partial charge in [0.25, 0.3) is 0 Å². The van der Waals surface area contributed by atoms with Crippen molar-refractivity contribution in [2.24, 2.45) is 10.9 Å². The lowest BCUT2D eigenvalue weighted by atomic mass is 10.1. The van der Waals surface area contributed by atoms with Crippen molar-refractivity contribution in [3.63, 3.8) is 0 Å². The summed E-state index contributed by atoms with van der Waals surface area (Å²) in [6.45, 7) is 4.04. The lowest BCUT2D eigenvalue weighted by Gasteiger charge is -2.18. The number of nitrogens with zero attached hydrogens (tertiary/aromatic N) is 1. The second-order valence-corrected chi connectivity index (χ2v) is 4.44. The van der Waals surface area contributed by atoms with Crippen LogP contribution >= 0.6 is 11.6 Å². The molecule has 4 nitrogen and oxygen atoms in total. The molecule has 0 amide bonds. The topological polar surface area (TPSA) is 70.6 Å². The first-order valence-electron chi connectivity index (χ1n) is 5.56. The van der Waals surface area contributed by atoms with Gasteiger partial charge in [-0.25, -0.2) is 0 Å². The Bertz CT molecular complexity index is 407. The Hall–Kier alpha value is -1.42. The molecule has 0 saturated carbocycles. The van der Waals surface area contributed by atoms with Crippen LogP contribution < -0.4 is 11.1 Å². The lowest BCUT2D eigenvalue weighted by Crippen LogP contribution is -2.26. The van der Waals surface area contributed by atoms with Crippen molar-refractivity contribution in [1.82, 2.24) is 0 Å². The minimum absolute atomic E-state index is 0.102. The molecular formula is C12H18ClN3O. The van der Waals surface area contributed by atoms with Crippen LogP contribution in [0, 0.1) is 6.92 Å². The van der Waals surface area contributed by atoms with Gasteiger partial charge in [0.05, 0.1) is 10.7 Å². The van der Waals surface area contributed by atoms with E-state index in [1.165, 1.54) is 0 Å². The summed E-state index contributed by atoms with van der Waals surface area (Å²) in [5, 5.41) is 15.5. The lowest BCUT2D eigenvalue weighted by molar-refractivity contribution is 0.316. The largest absolute Gasteiger partial charge is 0.409 e. The molecule has 1 unspecified atom stereocenters. The summed E-state index contributed by atoms with van der Waals surface area (Å²) < 4.78 is 0. The van der Waals surface area contributed by atoms with Crippen LogP contribution in [0.25, 0.3) is 0 Å². The Kier molecular flexibility index (Phi) is 5.10. The summed E-state index contributed by atoms with van der Waals surface area (Å²) in [4.78, 5) is 0. The van der Waals surface area contributed by atoms with Crippen molar-refractivity contribution in [3.05, 3.63) is 28.8 Å². The van der Waals surface area contributed by atoms with Crippen molar-refractivity contribution >= 4 is 23.1 Å². The molecule has 0 fully saturated rings. The van der Waals surface area contributed by atoms with E-state index in [0.29, 0.717) is 11.4 Å². The van der Waals surface area contributed by atoms with E-state index >= 15 is 0 Å². The highest BCUT2D eigenvalue weighted by Crippen LogP contribution is 2.24. The van der Waals surface area contributed by atoms with E-state index in [0.717, 1.165) is 17.7 Å². The number of amidine groups is 1. The van der Waals surface area contributed by atoms with E-state index in [4.69, 9.17) is 22.5 Å². The van der Waals surface area contributed by atoms with Gasteiger partial charge >= 0.3 is 0 Å². The number of nitrogens with two attached hydrogens (primary N) is 1. The molecule has 1 aromatic rings. The smallest absolute Gasteiger partial charge is 0.141 e. The van der Waals surface area contributed by atoms with Crippen molar-refractivity contribution in [3.8, 4) is 0 Å². The third kappa shape index (κ3) is 4.15. The zero-order valence-corrected chi connectivity index (χ0v) is 10.8. The van der Waals surface area contributed by atoms with E-state index in [2.05, 4.69) is 10.5 Å². The fourth-order valence-corrected chi connectivity index (χ4v) is 1.73. The second kappa shape index (κ2) is 6.35. The van der Waals surface area contributed by atoms with Gasteiger partial charge in [-0.1, -0.05) is 29.7 Å². The van der Waals surface area contributed by atoms with E-state index in [9.17, 15) is 0 Å². The molecule has 1 atom stereocenters. The molecule has 17 heavy (non-hydrogen) atoms. The molecule has 4 N–H and O–H groups in total. The molecule has 94 valence electrons. The monoisotopic (exact) mass is 255 g/mol. The number of aryl methyl sites for hydroxylation is 1. The quantitative estimate of drug-likeness (QED) is 0.328. The molecule has 0 heterocycles. The number of nitrogens with one attached hydrogen (secondary N) is 1. The number of rotatable bonds is 5. The molecular weight excluding hydrogens is 238 g/mol. The molecule has 1 aromatic carbocycles. The number of hydrogen-bond donors (Lipinski definition) is 3. The third-order valence-corrected chi connectivity index (χ3v) is 2.89. The van der Waals surface area contributed by atoms with Crippen molar-refractivity contribution in [2.75, 3.05) is 5.32 Å². The van der Waals surface area contributed by atoms with Gasteiger partial charge in [0.15, 0.2) is 0 Å². The van der Waals surface area contributed by atoms with E-state index in [-0.39, 0.29) is 11.9 Å². The molecule has 0 aromatic heterocycles. The van der Waals surface area contributed by atoms with Crippen molar-refractivity contribution in [2.45, 2.75) is 32.7 Å². The maximum Gasteiger partial charge on any atom is 0.141 e. The van der Waals surface area contributed by atoms with E-state index in [1.807, 2.05) is 32.0 Å². The number of hydrogen-bond acceptors (Lipinski definition) is 3. The summed E-state index contributed by atoms with van der Waals surface area (Å²) in [5.74, 6) is 0.216. The molecule has 0 spiro atoms. The number of benzene rings is 1. The maximum absolute atomic E-state index is 8.55. The fraction of sp³-hybridized carbons (Fsp3) is 0.417. The zero-order valence-electron chi connectivity index (χ0n) is 10.1. The summed E-state index contributed by atoms with van der Waals surface area (Å²) >= 11 is 6.09. The SMILES string of the molecule is CCC(C/C(N)=N/O)Nc1cc(C)ccc1Cl. The Morgan fingerprint density at radius 1 is 1.59 bits per heavy atom. The molecule has 0 aliphatic carbocycles. The summed E-state index contributed by atoms with van der Waals surface area (Å²) in [6.07, 6.45) is 1.35. The second-order valence-electron chi connectivity index (χ2n) is 4.03. The average Bonchev–Trinajstić information content (AvgIpc) is 2.32. The van der Waals surface area contributed by atoms with Crippen LogP contribution in [-0.4, -0.2) is 17.1 Å². The summed E-state index contributed by atoms with van der Waals surface area (Å²) in [5.41, 5.74) is 7.51. The normalized spacial score (nSPS) is 13.5. The fourth-order valence-electron chi connectivity index (χ4n) is 1.56. The zero-order chi connectivity index (χ0) is 12.8. The minimum atomic E-state index is 0.102. The van der Waals surface area contributed by atoms with Crippen LogP contribution in [0.2, 0.25) is 5.02 Å². The van der Waals surface area contributed by atoms with Gasteiger partial charge in [-0.15, -0.1) is 0 Å². The first-order valence-corrected chi connectivity index (χ1v) is 5.93. The number of anilines is 1. The molecule has 1 rings (SSSR count). The molecule has 0 bridgehead atoms. The van der Waals surface area contributed by atoms with Gasteiger partial charge < -0.3 is 16.3 Å². The van der Waals surface area contributed by atoms with Crippen LogP contribution in [-0.2, 0) is 0 Å². The maximum atomic E-state index is 8.55. The third-order valence-electron chi connectivity index (χ3n) is 2.56. The van der Waals surface area contributed by atoms with Gasteiger partial charge in [-0.05, 0) is 31.0 Å². The number of oxime groups is 1. The van der Waals surface area contributed by atoms with Gasteiger partial charge in [0.2, 0.25) is 0 Å². The van der Waals surface area contributed by atoms with Crippen LogP contribution in [0.5, 0.6) is 0 Å². The van der Waals surface area contributed by atoms with Gasteiger partial charge in [-0.2, -0.15) is 0 Å². The highest BCUT2D eigenvalue weighted by Gasteiger charge is 2.10. The Morgan fingerprint density at radius 3 is 2.88 bits per heavy atom. The molecule has 0 radical (unpaired) electrons. The van der Waals surface area contributed by atoms with Gasteiger partial charge in [0, 0.05) is 12.5 Å². The van der Waals surface area contributed by atoms with Crippen molar-refractivity contribution < 1.29 is 5.21 Å². The number of halogens is 1. The molecule has 5 heteroatoms. The van der Waals surface area contributed by atoms with Crippen LogP contribution in [0.3, 0.4) is 0 Å². The Labute approximate surface area is 106 Å². The summed E-state index contributed by atoms with van der Waals surface area (Å²) in [6, 6.07) is 5.90. The van der Waals surface area contributed by atoms with Gasteiger partial charge in [0.1, 0.15) is 5.84 Å². The first kappa shape index (κ1) is 13.6. The predicted octanol–water partition coefficient (Wildman–Crippen LogP) is 2.98. The minimum Gasteiger partial charge on any atom is -0.409 e. The predicted molar refractivity (Wildman–Crippen MR) is 71.9 cm³/mol. The molecule has 0 saturated heterocycles. The van der Waals surface area contributed by atoms with Gasteiger partial charge in [-0.3, -0.25) is 0 Å². The standard InChI is InChI=1S/C12H18ClN3O/c1-3-9(7-12(14)16-17)15-11-6-8(2)4-5-10(11)13/h4-6,9,15,17H,3,7H2,1-2H3,(H2,14,16). The summed E-state index contributed by atoms with van der Waals surface area (Å²) in [7, 11) is 0. The molecule has 0 aliphatic rings. The first-order chi connectivity index (χ1) is 8.06. The van der Waals surface area contributed by atoms with Crippen LogP contribution in [0.15, 0.2) is 23.4 Å². The van der Waals surface area contributed by atoms with Crippen LogP contribution in [0.4, 0.5) is 5.69 Å². The Morgan fingerprint density at radius 2 is 2.29 bits per heavy atom.